The molecule has 0 amide bonds. The molecule has 0 aliphatic carbocycles. The van der Waals surface area contributed by atoms with E-state index in [0.29, 0.717) is 5.56 Å². The van der Waals surface area contributed by atoms with Gasteiger partial charge in [0, 0.05) is 13.4 Å². The van der Waals surface area contributed by atoms with Crippen molar-refractivity contribution in [3.63, 3.8) is 0 Å². The van der Waals surface area contributed by atoms with E-state index in [1.54, 1.807) is 18.9 Å². The Kier molecular flexibility index (Phi) is 4.50. The van der Waals surface area contributed by atoms with Crippen molar-refractivity contribution in [3.8, 4) is 11.8 Å². The molecule has 0 radical (unpaired) electrons. The minimum absolute atomic E-state index is 0.711. The van der Waals surface area contributed by atoms with Crippen molar-refractivity contribution in [1.29, 1.82) is 5.26 Å². The van der Waals surface area contributed by atoms with Crippen molar-refractivity contribution in [2.45, 2.75) is 9.79 Å². The maximum Gasteiger partial charge on any atom is 0.118 e. The standard InChI is InChI=1S/C14H10INOS/c1-17-12-3-5-13(6-4-12)18-14-7-2-11(15)8-10(14)9-16/h2-8H,1H3. The number of ether oxygens (including phenoxy) is 1. The molecule has 0 bridgehead atoms. The third-order valence-electron chi connectivity index (χ3n) is 2.35. The fraction of sp³-hybridized carbons (Fsp3) is 0.0714. The molecule has 0 spiro atoms. The Morgan fingerprint density at radius 3 is 2.50 bits per heavy atom. The van der Waals surface area contributed by atoms with Crippen LogP contribution in [0.5, 0.6) is 5.75 Å². The second-order valence-electron chi connectivity index (χ2n) is 3.53. The first-order chi connectivity index (χ1) is 8.72. The van der Waals surface area contributed by atoms with E-state index in [9.17, 15) is 0 Å². The fourth-order valence-electron chi connectivity index (χ4n) is 1.45. The quantitative estimate of drug-likeness (QED) is 0.758. The molecular formula is C14H10INOS. The molecule has 0 heterocycles. The predicted octanol–water partition coefficient (Wildman–Crippen LogP) is 4.32. The van der Waals surface area contributed by atoms with E-state index >= 15 is 0 Å². The first-order valence-electron chi connectivity index (χ1n) is 5.24. The Balaban J connectivity index is 2.25. The number of benzene rings is 2. The molecule has 0 fully saturated rings. The van der Waals surface area contributed by atoms with Crippen LogP contribution in [0.3, 0.4) is 0 Å². The summed E-state index contributed by atoms with van der Waals surface area (Å²) in [6.07, 6.45) is 0. The van der Waals surface area contributed by atoms with Crippen molar-refractivity contribution in [2.75, 3.05) is 7.11 Å². The molecule has 0 aliphatic rings. The van der Waals surface area contributed by atoms with Gasteiger partial charge in [-0.2, -0.15) is 5.26 Å². The highest BCUT2D eigenvalue weighted by Gasteiger charge is 2.05. The number of methoxy groups -OCH3 is 1. The molecule has 4 heteroatoms. The van der Waals surface area contributed by atoms with Gasteiger partial charge in [-0.1, -0.05) is 11.8 Å². The Morgan fingerprint density at radius 2 is 1.89 bits per heavy atom. The van der Waals surface area contributed by atoms with E-state index in [1.807, 2.05) is 42.5 Å². The molecule has 2 aromatic carbocycles. The predicted molar refractivity (Wildman–Crippen MR) is 81.0 cm³/mol. The molecule has 0 unspecified atom stereocenters. The summed E-state index contributed by atoms with van der Waals surface area (Å²) >= 11 is 3.79. The molecule has 0 saturated heterocycles. The Labute approximate surface area is 124 Å². The molecule has 0 aliphatic heterocycles. The topological polar surface area (TPSA) is 33.0 Å². The lowest BCUT2D eigenvalue weighted by Crippen LogP contribution is -1.84. The van der Waals surface area contributed by atoms with Gasteiger partial charge in [-0.3, -0.25) is 0 Å². The number of nitriles is 1. The second-order valence-corrected chi connectivity index (χ2v) is 5.89. The number of hydrogen-bond donors (Lipinski definition) is 0. The second kappa shape index (κ2) is 6.12. The Hall–Kier alpha value is -1.19. The highest BCUT2D eigenvalue weighted by Crippen LogP contribution is 2.31. The maximum atomic E-state index is 9.12. The largest absolute Gasteiger partial charge is 0.497 e. The summed E-state index contributed by atoms with van der Waals surface area (Å²) in [6.45, 7) is 0. The Bertz CT molecular complexity index is 590. The minimum Gasteiger partial charge on any atom is -0.497 e. The van der Waals surface area contributed by atoms with Gasteiger partial charge in [-0.05, 0) is 65.1 Å². The van der Waals surface area contributed by atoms with E-state index in [4.69, 9.17) is 10.00 Å². The van der Waals surface area contributed by atoms with Crippen LogP contribution in [0.25, 0.3) is 0 Å². The van der Waals surface area contributed by atoms with Gasteiger partial charge in [0.05, 0.1) is 12.7 Å². The normalized spacial score (nSPS) is 9.83. The van der Waals surface area contributed by atoms with Crippen LogP contribution in [0, 0.1) is 14.9 Å². The summed E-state index contributed by atoms with van der Waals surface area (Å²) in [5.41, 5.74) is 0.711. The third-order valence-corrected chi connectivity index (χ3v) is 4.10. The molecular weight excluding hydrogens is 357 g/mol. The highest BCUT2D eigenvalue weighted by atomic mass is 127. The summed E-state index contributed by atoms with van der Waals surface area (Å²) in [5.74, 6) is 0.836. The van der Waals surface area contributed by atoms with Crippen LogP contribution in [0.4, 0.5) is 0 Å². The minimum atomic E-state index is 0.711. The van der Waals surface area contributed by atoms with Crippen LogP contribution in [0.15, 0.2) is 52.3 Å². The molecule has 18 heavy (non-hydrogen) atoms. The average molecular weight is 367 g/mol. The van der Waals surface area contributed by atoms with E-state index in [1.165, 1.54) is 0 Å². The van der Waals surface area contributed by atoms with Crippen molar-refractivity contribution in [1.82, 2.24) is 0 Å². The number of rotatable bonds is 3. The van der Waals surface area contributed by atoms with Gasteiger partial charge in [0.1, 0.15) is 11.8 Å². The average Bonchev–Trinajstić information content (AvgIpc) is 2.41. The Morgan fingerprint density at radius 1 is 1.17 bits per heavy atom. The van der Waals surface area contributed by atoms with Crippen LogP contribution >= 0.6 is 34.4 Å². The van der Waals surface area contributed by atoms with E-state index in [0.717, 1.165) is 19.1 Å². The van der Waals surface area contributed by atoms with Crippen LogP contribution in [0.1, 0.15) is 5.56 Å². The summed E-state index contributed by atoms with van der Waals surface area (Å²) in [4.78, 5) is 2.07. The van der Waals surface area contributed by atoms with Crippen LogP contribution in [-0.4, -0.2) is 7.11 Å². The molecule has 0 atom stereocenters. The van der Waals surface area contributed by atoms with E-state index < -0.39 is 0 Å². The SMILES string of the molecule is COc1ccc(Sc2ccc(I)cc2C#N)cc1. The van der Waals surface area contributed by atoms with Crippen LogP contribution in [-0.2, 0) is 0 Å². The molecule has 2 rings (SSSR count). The smallest absolute Gasteiger partial charge is 0.118 e. The van der Waals surface area contributed by atoms with Crippen molar-refractivity contribution < 1.29 is 4.74 Å². The van der Waals surface area contributed by atoms with E-state index in [-0.39, 0.29) is 0 Å². The molecule has 2 aromatic rings. The fourth-order valence-corrected chi connectivity index (χ4v) is 2.82. The lowest BCUT2D eigenvalue weighted by Gasteiger charge is -2.05. The van der Waals surface area contributed by atoms with Gasteiger partial charge >= 0.3 is 0 Å². The zero-order valence-corrected chi connectivity index (χ0v) is 12.7. The summed E-state index contributed by atoms with van der Waals surface area (Å²) < 4.78 is 6.19. The summed E-state index contributed by atoms with van der Waals surface area (Å²) in [6, 6.07) is 15.9. The summed E-state index contributed by atoms with van der Waals surface area (Å²) in [7, 11) is 1.65. The first-order valence-corrected chi connectivity index (χ1v) is 7.14. The zero-order chi connectivity index (χ0) is 13.0. The van der Waals surface area contributed by atoms with Gasteiger partial charge in [-0.25, -0.2) is 0 Å². The number of hydrogen-bond acceptors (Lipinski definition) is 3. The van der Waals surface area contributed by atoms with E-state index in [2.05, 4.69) is 28.7 Å². The molecule has 0 aromatic heterocycles. The maximum absolute atomic E-state index is 9.12. The first kappa shape index (κ1) is 13.2. The molecule has 90 valence electrons. The van der Waals surface area contributed by atoms with Gasteiger partial charge < -0.3 is 4.74 Å². The van der Waals surface area contributed by atoms with Crippen molar-refractivity contribution in [3.05, 3.63) is 51.6 Å². The lowest BCUT2D eigenvalue weighted by atomic mass is 10.2. The monoisotopic (exact) mass is 367 g/mol. The van der Waals surface area contributed by atoms with Crippen molar-refractivity contribution >= 4 is 34.4 Å². The summed E-state index contributed by atoms with van der Waals surface area (Å²) in [5, 5.41) is 9.12. The number of nitrogens with zero attached hydrogens (tertiary/aromatic N) is 1. The van der Waals surface area contributed by atoms with Gasteiger partial charge in [0.2, 0.25) is 0 Å². The molecule has 2 nitrogen and oxygen atoms in total. The van der Waals surface area contributed by atoms with Gasteiger partial charge in [-0.15, -0.1) is 0 Å². The van der Waals surface area contributed by atoms with Crippen LogP contribution in [0.2, 0.25) is 0 Å². The zero-order valence-electron chi connectivity index (χ0n) is 9.68. The van der Waals surface area contributed by atoms with Crippen molar-refractivity contribution in [2.24, 2.45) is 0 Å². The molecule has 0 saturated carbocycles. The van der Waals surface area contributed by atoms with Gasteiger partial charge in [0.25, 0.3) is 0 Å². The van der Waals surface area contributed by atoms with Crippen LogP contribution < -0.4 is 4.74 Å². The molecule has 0 N–H and O–H groups in total. The van der Waals surface area contributed by atoms with Gasteiger partial charge in [0.15, 0.2) is 0 Å². The third kappa shape index (κ3) is 3.18. The lowest BCUT2D eigenvalue weighted by molar-refractivity contribution is 0.414. The number of halogens is 1. The highest BCUT2D eigenvalue weighted by molar-refractivity contribution is 14.1.